The molecule has 3 rings (SSSR count). The normalized spacial score (nSPS) is 15.5. The summed E-state index contributed by atoms with van der Waals surface area (Å²) in [6.45, 7) is 2.13. The summed E-state index contributed by atoms with van der Waals surface area (Å²) >= 11 is 0. The van der Waals surface area contributed by atoms with Crippen LogP contribution in [0, 0.1) is 0 Å². The van der Waals surface area contributed by atoms with Crippen LogP contribution < -0.4 is 0 Å². The predicted molar refractivity (Wildman–Crippen MR) is 62.6 cm³/mol. The van der Waals surface area contributed by atoms with Crippen molar-refractivity contribution in [1.82, 2.24) is 0 Å². The zero-order valence-electron chi connectivity index (χ0n) is 8.66. The van der Waals surface area contributed by atoms with Crippen LogP contribution in [0.5, 0.6) is 0 Å². The SMILES string of the molecule is CC1=CCC=C1c1cc2ccccc2o1. The minimum Gasteiger partial charge on any atom is -0.456 e. The Balaban J connectivity index is 2.17. The van der Waals surface area contributed by atoms with Gasteiger partial charge in [0.15, 0.2) is 0 Å². The molecule has 1 heteroatoms. The van der Waals surface area contributed by atoms with Gasteiger partial charge in [0, 0.05) is 11.0 Å². The Kier molecular flexibility index (Phi) is 1.78. The van der Waals surface area contributed by atoms with Crippen molar-refractivity contribution in [2.75, 3.05) is 0 Å². The van der Waals surface area contributed by atoms with Crippen molar-refractivity contribution in [1.29, 1.82) is 0 Å². The van der Waals surface area contributed by atoms with Gasteiger partial charge in [0.05, 0.1) is 0 Å². The number of allylic oxidation sites excluding steroid dienone is 4. The lowest BCUT2D eigenvalue weighted by molar-refractivity contribution is 0.600. The van der Waals surface area contributed by atoms with Crippen molar-refractivity contribution in [3.05, 3.63) is 53.8 Å². The highest BCUT2D eigenvalue weighted by molar-refractivity contribution is 5.86. The van der Waals surface area contributed by atoms with Crippen LogP contribution in [0.25, 0.3) is 16.5 Å². The fourth-order valence-electron chi connectivity index (χ4n) is 2.03. The molecule has 0 bridgehead atoms. The summed E-state index contributed by atoms with van der Waals surface area (Å²) in [7, 11) is 0. The standard InChI is InChI=1S/C14H12O/c1-10-5-4-7-12(10)14-9-11-6-2-3-8-13(11)15-14/h2-3,5-9H,4H2,1H3. The highest BCUT2D eigenvalue weighted by Gasteiger charge is 2.12. The number of benzene rings is 1. The van der Waals surface area contributed by atoms with E-state index in [0.717, 1.165) is 17.8 Å². The second kappa shape index (κ2) is 3.13. The Morgan fingerprint density at radius 2 is 2.00 bits per heavy atom. The Labute approximate surface area is 88.7 Å². The van der Waals surface area contributed by atoms with Crippen LogP contribution in [0.1, 0.15) is 19.1 Å². The number of furan rings is 1. The van der Waals surface area contributed by atoms with E-state index in [1.54, 1.807) is 0 Å². The summed E-state index contributed by atoms with van der Waals surface area (Å²) in [6.07, 6.45) is 5.47. The van der Waals surface area contributed by atoms with Crippen molar-refractivity contribution < 1.29 is 4.42 Å². The molecule has 0 atom stereocenters. The fourth-order valence-corrected chi connectivity index (χ4v) is 2.03. The van der Waals surface area contributed by atoms with Crippen molar-refractivity contribution in [2.45, 2.75) is 13.3 Å². The molecule has 74 valence electrons. The van der Waals surface area contributed by atoms with Crippen LogP contribution in [0.15, 0.2) is 52.5 Å². The second-order valence-electron chi connectivity index (χ2n) is 3.89. The van der Waals surface area contributed by atoms with Crippen LogP contribution in [0.3, 0.4) is 0 Å². The molecule has 0 radical (unpaired) electrons. The summed E-state index contributed by atoms with van der Waals surface area (Å²) in [4.78, 5) is 0. The van der Waals surface area contributed by atoms with Gasteiger partial charge in [0.2, 0.25) is 0 Å². The highest BCUT2D eigenvalue weighted by atomic mass is 16.3. The lowest BCUT2D eigenvalue weighted by Crippen LogP contribution is -1.77. The molecule has 1 heterocycles. The van der Waals surface area contributed by atoms with Crippen LogP contribution in [-0.4, -0.2) is 0 Å². The molecule has 0 amide bonds. The predicted octanol–water partition coefficient (Wildman–Crippen LogP) is 4.17. The summed E-state index contributed by atoms with van der Waals surface area (Å²) in [5, 5.41) is 1.17. The monoisotopic (exact) mass is 196 g/mol. The smallest absolute Gasteiger partial charge is 0.135 e. The Morgan fingerprint density at radius 1 is 1.13 bits per heavy atom. The van der Waals surface area contributed by atoms with Gasteiger partial charge in [-0.15, -0.1) is 0 Å². The largest absolute Gasteiger partial charge is 0.456 e. The third-order valence-electron chi connectivity index (χ3n) is 2.86. The average molecular weight is 196 g/mol. The molecule has 0 fully saturated rings. The van der Waals surface area contributed by atoms with E-state index in [4.69, 9.17) is 4.42 Å². The minimum absolute atomic E-state index is 0.966. The number of hydrogen-bond donors (Lipinski definition) is 0. The van der Waals surface area contributed by atoms with Crippen LogP contribution in [0.2, 0.25) is 0 Å². The Bertz CT molecular complexity index is 537. The Hall–Kier alpha value is -1.76. The van der Waals surface area contributed by atoms with E-state index in [-0.39, 0.29) is 0 Å². The first-order valence-electron chi connectivity index (χ1n) is 5.21. The number of para-hydroxylation sites is 1. The maximum atomic E-state index is 5.81. The summed E-state index contributed by atoms with van der Waals surface area (Å²) in [5.74, 6) is 0.988. The quantitative estimate of drug-likeness (QED) is 0.667. The van der Waals surface area contributed by atoms with E-state index in [2.05, 4.69) is 31.2 Å². The molecule has 0 aliphatic heterocycles. The van der Waals surface area contributed by atoms with Gasteiger partial charge in [-0.2, -0.15) is 0 Å². The molecule has 0 unspecified atom stereocenters. The van der Waals surface area contributed by atoms with E-state index in [1.807, 2.05) is 18.2 Å². The maximum Gasteiger partial charge on any atom is 0.135 e. The maximum absolute atomic E-state index is 5.81. The molecule has 15 heavy (non-hydrogen) atoms. The summed E-state index contributed by atoms with van der Waals surface area (Å²) in [5.41, 5.74) is 3.52. The molecule has 0 spiro atoms. The summed E-state index contributed by atoms with van der Waals surface area (Å²) in [6, 6.07) is 10.2. The van der Waals surface area contributed by atoms with Gasteiger partial charge in [-0.3, -0.25) is 0 Å². The molecule has 1 aliphatic carbocycles. The number of rotatable bonds is 1. The molecule has 2 aromatic rings. The first kappa shape index (κ1) is 8.54. The first-order chi connectivity index (χ1) is 7.34. The number of fused-ring (bicyclic) bond motifs is 1. The van der Waals surface area contributed by atoms with Crippen LogP contribution >= 0.6 is 0 Å². The lowest BCUT2D eigenvalue weighted by Gasteiger charge is -1.97. The van der Waals surface area contributed by atoms with Crippen molar-refractivity contribution in [3.63, 3.8) is 0 Å². The molecule has 1 nitrogen and oxygen atoms in total. The molecule has 0 saturated carbocycles. The third kappa shape index (κ3) is 1.32. The fraction of sp³-hybridized carbons (Fsp3) is 0.143. The molecular weight excluding hydrogens is 184 g/mol. The van der Waals surface area contributed by atoms with Crippen molar-refractivity contribution in [3.8, 4) is 0 Å². The lowest BCUT2D eigenvalue weighted by atomic mass is 10.1. The van der Waals surface area contributed by atoms with Gasteiger partial charge in [-0.05, 0) is 31.1 Å². The van der Waals surface area contributed by atoms with Gasteiger partial charge in [0.25, 0.3) is 0 Å². The molecule has 1 aromatic heterocycles. The van der Waals surface area contributed by atoms with Gasteiger partial charge in [-0.1, -0.05) is 30.4 Å². The molecule has 1 aromatic carbocycles. The average Bonchev–Trinajstić information content (AvgIpc) is 2.82. The third-order valence-corrected chi connectivity index (χ3v) is 2.86. The van der Waals surface area contributed by atoms with E-state index >= 15 is 0 Å². The number of hydrogen-bond acceptors (Lipinski definition) is 1. The van der Waals surface area contributed by atoms with Gasteiger partial charge in [0.1, 0.15) is 11.3 Å². The topological polar surface area (TPSA) is 13.1 Å². The zero-order valence-corrected chi connectivity index (χ0v) is 8.66. The molecule has 0 N–H and O–H groups in total. The second-order valence-corrected chi connectivity index (χ2v) is 3.89. The van der Waals surface area contributed by atoms with Gasteiger partial charge >= 0.3 is 0 Å². The van der Waals surface area contributed by atoms with Crippen LogP contribution in [0.4, 0.5) is 0 Å². The minimum atomic E-state index is 0.966. The molecule has 0 saturated heterocycles. The van der Waals surface area contributed by atoms with E-state index in [9.17, 15) is 0 Å². The van der Waals surface area contributed by atoms with E-state index in [1.165, 1.54) is 16.5 Å². The van der Waals surface area contributed by atoms with E-state index < -0.39 is 0 Å². The van der Waals surface area contributed by atoms with Crippen LogP contribution in [-0.2, 0) is 0 Å². The molecular formula is C14H12O. The van der Waals surface area contributed by atoms with Crippen molar-refractivity contribution >= 4 is 16.5 Å². The first-order valence-corrected chi connectivity index (χ1v) is 5.21. The van der Waals surface area contributed by atoms with Gasteiger partial charge < -0.3 is 4.42 Å². The van der Waals surface area contributed by atoms with Crippen molar-refractivity contribution in [2.24, 2.45) is 0 Å². The highest BCUT2D eigenvalue weighted by Crippen LogP contribution is 2.32. The van der Waals surface area contributed by atoms with E-state index in [0.29, 0.717) is 0 Å². The van der Waals surface area contributed by atoms with Gasteiger partial charge in [-0.25, -0.2) is 0 Å². The summed E-state index contributed by atoms with van der Waals surface area (Å²) < 4.78 is 5.81. The Morgan fingerprint density at radius 3 is 2.73 bits per heavy atom. The molecule has 1 aliphatic rings. The zero-order chi connectivity index (χ0) is 10.3.